The van der Waals surface area contributed by atoms with Crippen molar-refractivity contribution in [3.8, 4) is 0 Å². The van der Waals surface area contributed by atoms with E-state index in [-0.39, 0.29) is 17.9 Å². The second-order valence-electron chi connectivity index (χ2n) is 4.96. The number of pyridine rings is 1. The molecule has 0 atom stereocenters. The second-order valence-corrected chi connectivity index (χ2v) is 6.12. The molecule has 0 saturated heterocycles. The van der Waals surface area contributed by atoms with Crippen LogP contribution >= 0.6 is 22.6 Å². The van der Waals surface area contributed by atoms with Crippen LogP contribution in [0.5, 0.6) is 0 Å². The lowest BCUT2D eigenvalue weighted by molar-refractivity contribution is 0.0377. The minimum Gasteiger partial charge on any atom is -0.459 e. The Kier molecular flexibility index (Phi) is 4.17. The van der Waals surface area contributed by atoms with Gasteiger partial charge in [-0.1, -0.05) is 0 Å². The van der Waals surface area contributed by atoms with Gasteiger partial charge in [0, 0.05) is 16.7 Å². The van der Waals surface area contributed by atoms with Gasteiger partial charge < -0.3 is 9.14 Å². The van der Waals surface area contributed by atoms with E-state index in [0.29, 0.717) is 16.8 Å². The molecule has 0 aliphatic heterocycles. The first-order valence-corrected chi connectivity index (χ1v) is 7.43. The Morgan fingerprint density at radius 1 is 1.35 bits per heavy atom. The normalized spacial score (nSPS) is 11.1. The van der Waals surface area contributed by atoms with E-state index in [0.717, 1.165) is 9.09 Å². The molecule has 0 saturated carbocycles. The number of esters is 1. The van der Waals surface area contributed by atoms with Gasteiger partial charge in [-0.15, -0.1) is 0 Å². The lowest BCUT2D eigenvalue weighted by Gasteiger charge is -2.14. The molecule has 0 unspecified atom stereocenters. The van der Waals surface area contributed by atoms with Gasteiger partial charge in [0.25, 0.3) is 0 Å². The number of ketones is 1. The van der Waals surface area contributed by atoms with Crippen molar-refractivity contribution in [1.82, 2.24) is 4.40 Å². The summed E-state index contributed by atoms with van der Waals surface area (Å²) in [4.78, 5) is 24.1. The van der Waals surface area contributed by atoms with Gasteiger partial charge in [-0.05, 0) is 61.1 Å². The van der Waals surface area contributed by atoms with Crippen LogP contribution in [0.3, 0.4) is 0 Å². The number of aromatic nitrogens is 1. The third-order valence-electron chi connectivity index (χ3n) is 3.05. The molecule has 2 rings (SSSR count). The first kappa shape index (κ1) is 15.0. The van der Waals surface area contributed by atoms with Crippen LogP contribution in [0, 0.1) is 10.5 Å². The Morgan fingerprint density at radius 2 is 2.00 bits per heavy atom. The SMILES string of the molecule is CC(=O)c1c(C)c(C(=O)OC(C)C)cc2c(I)ccn12. The van der Waals surface area contributed by atoms with E-state index in [2.05, 4.69) is 22.6 Å². The van der Waals surface area contributed by atoms with Crippen molar-refractivity contribution in [2.75, 3.05) is 0 Å². The van der Waals surface area contributed by atoms with E-state index in [1.807, 2.05) is 16.7 Å². The largest absolute Gasteiger partial charge is 0.459 e. The van der Waals surface area contributed by atoms with Gasteiger partial charge in [0.2, 0.25) is 0 Å². The smallest absolute Gasteiger partial charge is 0.338 e. The molecule has 0 spiro atoms. The zero-order chi connectivity index (χ0) is 15.0. The molecule has 4 nitrogen and oxygen atoms in total. The minimum atomic E-state index is -0.389. The summed E-state index contributed by atoms with van der Waals surface area (Å²) in [5, 5.41) is 0. The fourth-order valence-corrected chi connectivity index (χ4v) is 2.81. The van der Waals surface area contributed by atoms with Crippen LogP contribution in [0.1, 0.15) is 47.2 Å². The van der Waals surface area contributed by atoms with Gasteiger partial charge in [-0.25, -0.2) is 4.79 Å². The number of hydrogen-bond donors (Lipinski definition) is 0. The van der Waals surface area contributed by atoms with Crippen molar-refractivity contribution in [1.29, 1.82) is 0 Å². The van der Waals surface area contributed by atoms with Crippen LogP contribution < -0.4 is 0 Å². The Labute approximate surface area is 131 Å². The summed E-state index contributed by atoms with van der Waals surface area (Å²) in [5.41, 5.74) is 2.48. The quantitative estimate of drug-likeness (QED) is 0.461. The number of rotatable bonds is 3. The molecular formula is C15H16INO3. The first-order valence-electron chi connectivity index (χ1n) is 6.35. The number of Topliss-reactive ketones (excluding diaryl/α,β-unsaturated/α-hetero) is 1. The highest BCUT2D eigenvalue weighted by Gasteiger charge is 2.20. The first-order chi connectivity index (χ1) is 9.32. The summed E-state index contributed by atoms with van der Waals surface area (Å²) in [6.45, 7) is 6.89. The van der Waals surface area contributed by atoms with Crippen LogP contribution in [0.25, 0.3) is 5.52 Å². The lowest BCUT2D eigenvalue weighted by Crippen LogP contribution is -2.16. The zero-order valence-corrected chi connectivity index (χ0v) is 14.0. The monoisotopic (exact) mass is 385 g/mol. The summed E-state index contributed by atoms with van der Waals surface area (Å²) in [6.07, 6.45) is 1.66. The predicted molar refractivity (Wildman–Crippen MR) is 85.4 cm³/mol. The molecule has 0 fully saturated rings. The molecule has 0 aliphatic carbocycles. The van der Waals surface area contributed by atoms with E-state index in [1.54, 1.807) is 26.8 Å². The highest BCUT2D eigenvalue weighted by molar-refractivity contribution is 14.1. The van der Waals surface area contributed by atoms with E-state index in [1.165, 1.54) is 6.92 Å². The van der Waals surface area contributed by atoms with Crippen molar-refractivity contribution >= 4 is 39.9 Å². The standard InChI is InChI=1S/C15H16INO3/c1-8(2)20-15(19)11-7-13-12(16)5-6-17(13)14(9(11)3)10(4)18/h5-8H,1-4H3. The van der Waals surface area contributed by atoms with Gasteiger partial charge in [-0.2, -0.15) is 0 Å². The van der Waals surface area contributed by atoms with Gasteiger partial charge in [0.1, 0.15) is 0 Å². The Hall–Kier alpha value is -1.37. The van der Waals surface area contributed by atoms with Crippen LogP contribution in [0.2, 0.25) is 0 Å². The van der Waals surface area contributed by atoms with Crippen LogP contribution in [-0.4, -0.2) is 22.3 Å². The molecule has 5 heteroatoms. The average molecular weight is 385 g/mol. The minimum absolute atomic E-state index is 0.0707. The Balaban J connectivity index is 2.72. The molecule has 20 heavy (non-hydrogen) atoms. The third kappa shape index (κ3) is 2.59. The molecule has 0 amide bonds. The van der Waals surface area contributed by atoms with E-state index >= 15 is 0 Å². The number of hydrogen-bond acceptors (Lipinski definition) is 3. The number of fused-ring (bicyclic) bond motifs is 1. The summed E-state index contributed by atoms with van der Waals surface area (Å²) >= 11 is 2.19. The molecule has 106 valence electrons. The molecule has 2 aromatic rings. The molecule has 0 radical (unpaired) electrons. The summed E-state index contributed by atoms with van der Waals surface area (Å²) in [6, 6.07) is 3.70. The van der Waals surface area contributed by atoms with E-state index in [4.69, 9.17) is 4.74 Å². The van der Waals surface area contributed by atoms with E-state index < -0.39 is 0 Å². The number of halogens is 1. The second kappa shape index (κ2) is 5.55. The number of carbonyl (C=O) groups is 2. The van der Waals surface area contributed by atoms with Gasteiger partial charge >= 0.3 is 5.97 Å². The van der Waals surface area contributed by atoms with Gasteiger partial charge in [0.05, 0.1) is 22.9 Å². The molecular weight excluding hydrogens is 369 g/mol. The van der Waals surface area contributed by atoms with Crippen molar-refractivity contribution < 1.29 is 14.3 Å². The zero-order valence-electron chi connectivity index (χ0n) is 11.9. The summed E-state index contributed by atoms with van der Waals surface area (Å²) < 4.78 is 8.07. The third-order valence-corrected chi connectivity index (χ3v) is 3.96. The van der Waals surface area contributed by atoms with Crippen LogP contribution in [0.4, 0.5) is 0 Å². The van der Waals surface area contributed by atoms with Crippen molar-refractivity contribution in [2.24, 2.45) is 0 Å². The number of ether oxygens (including phenoxy) is 1. The number of carbonyl (C=O) groups excluding carboxylic acids is 2. The van der Waals surface area contributed by atoms with E-state index in [9.17, 15) is 9.59 Å². The fourth-order valence-electron chi connectivity index (χ4n) is 2.23. The molecule has 0 N–H and O–H groups in total. The van der Waals surface area contributed by atoms with Gasteiger partial charge in [0.15, 0.2) is 5.78 Å². The van der Waals surface area contributed by atoms with Crippen molar-refractivity contribution in [3.63, 3.8) is 0 Å². The Bertz CT molecular complexity index is 701. The van der Waals surface area contributed by atoms with Crippen LogP contribution in [0.15, 0.2) is 18.3 Å². The summed E-state index contributed by atoms with van der Waals surface area (Å²) in [5.74, 6) is -0.460. The maximum absolute atomic E-state index is 12.2. The van der Waals surface area contributed by atoms with Crippen LogP contribution in [-0.2, 0) is 4.74 Å². The van der Waals surface area contributed by atoms with Crippen molar-refractivity contribution in [2.45, 2.75) is 33.8 Å². The highest BCUT2D eigenvalue weighted by atomic mass is 127. The summed E-state index contributed by atoms with van der Waals surface area (Å²) in [7, 11) is 0. The lowest BCUT2D eigenvalue weighted by atomic mass is 10.0. The fraction of sp³-hybridized carbons (Fsp3) is 0.333. The topological polar surface area (TPSA) is 47.8 Å². The predicted octanol–water partition coefficient (Wildman–Crippen LogP) is 3.62. The number of nitrogens with zero attached hydrogens (tertiary/aromatic N) is 1. The molecule has 2 aromatic heterocycles. The van der Waals surface area contributed by atoms with Gasteiger partial charge in [-0.3, -0.25) is 4.79 Å². The Morgan fingerprint density at radius 3 is 2.55 bits per heavy atom. The van der Waals surface area contributed by atoms with Crippen molar-refractivity contribution in [3.05, 3.63) is 38.7 Å². The highest BCUT2D eigenvalue weighted by Crippen LogP contribution is 2.24. The molecule has 0 aromatic carbocycles. The molecule has 0 bridgehead atoms. The maximum Gasteiger partial charge on any atom is 0.338 e. The average Bonchev–Trinajstić information content (AvgIpc) is 2.68. The molecule has 0 aliphatic rings. The maximum atomic E-state index is 12.2. The molecule has 2 heterocycles.